The van der Waals surface area contributed by atoms with Crippen LogP contribution in [0.15, 0.2) is 90.8 Å². The van der Waals surface area contributed by atoms with Crippen LogP contribution in [0.1, 0.15) is 34.9 Å². The van der Waals surface area contributed by atoms with Crippen molar-refractivity contribution in [1.29, 1.82) is 5.41 Å². The number of rotatable bonds is 8. The molecule has 0 bridgehead atoms. The fourth-order valence-corrected chi connectivity index (χ4v) is 5.10. The number of nitrogen functional groups attached to an aromatic ring is 1. The van der Waals surface area contributed by atoms with Gasteiger partial charge in [-0.15, -0.1) is 24.0 Å². The molecule has 2 heterocycles. The van der Waals surface area contributed by atoms with Crippen molar-refractivity contribution in [2.45, 2.75) is 13.0 Å². The van der Waals surface area contributed by atoms with Gasteiger partial charge in [0, 0.05) is 57.2 Å². The molecule has 10 heteroatoms. The van der Waals surface area contributed by atoms with E-state index >= 15 is 0 Å². The first-order chi connectivity index (χ1) is 19.9. The Labute approximate surface area is 265 Å². The number of hydrogen-bond acceptors (Lipinski definition) is 8. The Morgan fingerprint density at radius 1 is 1.02 bits per heavy atom. The molecule has 1 fully saturated rings. The minimum Gasteiger partial charge on any atom is -0.398 e. The number of nitrogens with one attached hydrogen (secondary N) is 1. The number of ether oxygens (including phenoxy) is 1. The molecule has 7 N–H and O–H groups in total. The van der Waals surface area contributed by atoms with E-state index in [0.29, 0.717) is 48.8 Å². The monoisotopic (exact) mass is 681 g/mol. The summed E-state index contributed by atoms with van der Waals surface area (Å²) in [5, 5.41) is 10.1. The van der Waals surface area contributed by atoms with E-state index in [2.05, 4.69) is 35.2 Å². The molecule has 0 aliphatic carbocycles. The van der Waals surface area contributed by atoms with Crippen LogP contribution >= 0.6 is 24.0 Å². The van der Waals surface area contributed by atoms with Crippen LogP contribution in [0.2, 0.25) is 0 Å². The smallest absolute Gasteiger partial charge is 0.254 e. The Bertz CT molecular complexity index is 1460. The van der Waals surface area contributed by atoms with Gasteiger partial charge in [0.05, 0.1) is 30.3 Å². The number of nitrogens with two attached hydrogens (primary N) is 3. The molecule has 3 aromatic rings. The maximum atomic E-state index is 12.7. The fourth-order valence-electron chi connectivity index (χ4n) is 5.10. The topological polar surface area (TPSA) is 138 Å². The number of benzene rings is 3. The van der Waals surface area contributed by atoms with Gasteiger partial charge >= 0.3 is 0 Å². The van der Waals surface area contributed by atoms with Gasteiger partial charge < -0.3 is 21.1 Å². The highest BCUT2D eigenvalue weighted by atomic mass is 127. The molecule has 0 saturated carbocycles. The largest absolute Gasteiger partial charge is 0.398 e. The minimum absolute atomic E-state index is 0. The van der Waals surface area contributed by atoms with Gasteiger partial charge in [0.2, 0.25) is 0 Å². The average molecular weight is 682 g/mol. The van der Waals surface area contributed by atoms with Crippen molar-refractivity contribution in [1.82, 2.24) is 9.80 Å². The molecule has 0 radical (unpaired) electrons. The summed E-state index contributed by atoms with van der Waals surface area (Å²) >= 11 is 0. The number of halogens is 1. The van der Waals surface area contributed by atoms with Crippen molar-refractivity contribution < 1.29 is 11.0 Å². The highest BCUT2D eigenvalue weighted by Gasteiger charge is 2.19. The SMILES string of the molecule is I.N=C(/C(N)=C/N(N)c1ccc(C(=O)N2CCOCC2)cc1)c1cc(C2=CCN(Cc3ccccc3)CC2)ccc1N.[HH]. The molecule has 0 atom stereocenters. The highest BCUT2D eigenvalue weighted by molar-refractivity contribution is 14.0. The lowest BCUT2D eigenvalue weighted by molar-refractivity contribution is 0.0303. The lowest BCUT2D eigenvalue weighted by Gasteiger charge is -2.27. The van der Waals surface area contributed by atoms with Gasteiger partial charge in [0.15, 0.2) is 0 Å². The zero-order chi connectivity index (χ0) is 28.8. The van der Waals surface area contributed by atoms with Crippen LogP contribution in [0.25, 0.3) is 5.57 Å². The number of allylic oxidation sites excluding steroid dienone is 1. The van der Waals surface area contributed by atoms with E-state index in [9.17, 15) is 4.79 Å². The summed E-state index contributed by atoms with van der Waals surface area (Å²) in [6.45, 7) is 5.01. The lowest BCUT2D eigenvalue weighted by Crippen LogP contribution is -2.40. The van der Waals surface area contributed by atoms with Crippen LogP contribution in [0, 0.1) is 5.41 Å². The molecular weight excluding hydrogens is 641 g/mol. The molecular formula is C32H40IN7O2. The number of hydrazine groups is 1. The molecule has 9 nitrogen and oxygen atoms in total. The molecule has 5 rings (SSSR count). The Kier molecular flexibility index (Phi) is 10.7. The van der Waals surface area contributed by atoms with Gasteiger partial charge in [-0.05, 0) is 59.5 Å². The van der Waals surface area contributed by atoms with Crippen LogP contribution in [0.5, 0.6) is 0 Å². The van der Waals surface area contributed by atoms with Crippen molar-refractivity contribution in [2.24, 2.45) is 11.6 Å². The van der Waals surface area contributed by atoms with E-state index in [4.69, 9.17) is 27.5 Å². The molecule has 222 valence electrons. The minimum atomic E-state index is -0.0346. The standard InChI is InChI=1S/C32H37N7O2.HI.H2/c33-29-11-8-26(24-12-14-37(15-13-24)21-23-4-2-1-3-5-23)20-28(29)31(35)30(34)22-39(36)27-9-6-25(7-10-27)32(40)38-16-18-41-19-17-38;;/h1-12,20,22,35H,13-19,21,33-34,36H2;2*1H/b30-22-,35-31?;;. The number of carbonyl (C=O) groups excluding carboxylic acids is 1. The van der Waals surface area contributed by atoms with Crippen molar-refractivity contribution in [3.63, 3.8) is 0 Å². The molecule has 0 spiro atoms. The molecule has 0 aromatic heterocycles. The first-order valence-corrected chi connectivity index (χ1v) is 13.8. The Balaban J connectivity index is 0.00000253. The van der Waals surface area contributed by atoms with Crippen molar-refractivity contribution >= 4 is 52.5 Å². The molecule has 2 aliphatic heterocycles. The molecule has 1 amide bonds. The van der Waals surface area contributed by atoms with Crippen molar-refractivity contribution in [3.05, 3.63) is 113 Å². The third kappa shape index (κ3) is 7.57. The number of hydrogen-bond donors (Lipinski definition) is 4. The third-order valence-electron chi connectivity index (χ3n) is 7.51. The van der Waals surface area contributed by atoms with Crippen LogP contribution in [0.4, 0.5) is 11.4 Å². The molecule has 1 saturated heterocycles. The summed E-state index contributed by atoms with van der Waals surface area (Å²) in [4.78, 5) is 16.9. The summed E-state index contributed by atoms with van der Waals surface area (Å²) in [6.07, 6.45) is 4.66. The molecule has 3 aromatic carbocycles. The maximum absolute atomic E-state index is 12.7. The van der Waals surface area contributed by atoms with Crippen molar-refractivity contribution in [3.8, 4) is 0 Å². The Morgan fingerprint density at radius 2 is 1.74 bits per heavy atom. The molecule has 42 heavy (non-hydrogen) atoms. The predicted molar refractivity (Wildman–Crippen MR) is 182 cm³/mol. The van der Waals surface area contributed by atoms with Crippen LogP contribution in [-0.4, -0.2) is 60.8 Å². The Hall–Kier alpha value is -3.71. The van der Waals surface area contributed by atoms with Crippen molar-refractivity contribution in [2.75, 3.05) is 50.1 Å². The summed E-state index contributed by atoms with van der Waals surface area (Å²) in [7, 11) is 0. The first-order valence-electron chi connectivity index (χ1n) is 13.8. The van der Waals surface area contributed by atoms with Crippen LogP contribution in [-0.2, 0) is 11.3 Å². The molecule has 0 unspecified atom stereocenters. The quantitative estimate of drug-likeness (QED) is 0.0907. The summed E-state index contributed by atoms with van der Waals surface area (Å²) in [5.74, 6) is 6.22. The second kappa shape index (κ2) is 14.5. The molecule has 2 aliphatic rings. The van der Waals surface area contributed by atoms with E-state index in [1.165, 1.54) is 22.3 Å². The first kappa shape index (κ1) is 31.2. The van der Waals surface area contributed by atoms with Gasteiger partial charge in [0.25, 0.3) is 5.91 Å². The zero-order valence-corrected chi connectivity index (χ0v) is 25.9. The highest BCUT2D eigenvalue weighted by Crippen LogP contribution is 2.27. The fraction of sp³-hybridized carbons (Fsp3) is 0.250. The van der Waals surface area contributed by atoms with Gasteiger partial charge in [-0.1, -0.05) is 42.5 Å². The number of nitrogens with zero attached hydrogens (tertiary/aromatic N) is 3. The van der Waals surface area contributed by atoms with E-state index in [1.54, 1.807) is 29.2 Å². The number of carbonyl (C=O) groups is 1. The van der Waals surface area contributed by atoms with Gasteiger partial charge in [-0.2, -0.15) is 0 Å². The van der Waals surface area contributed by atoms with Gasteiger partial charge in [-0.25, -0.2) is 5.84 Å². The van der Waals surface area contributed by atoms with E-state index in [0.717, 1.165) is 31.6 Å². The van der Waals surface area contributed by atoms with Gasteiger partial charge in [0.1, 0.15) is 0 Å². The van der Waals surface area contributed by atoms with E-state index in [-0.39, 0.29) is 42.7 Å². The summed E-state index contributed by atoms with van der Waals surface area (Å²) < 4.78 is 5.33. The zero-order valence-electron chi connectivity index (χ0n) is 23.5. The number of morpholine rings is 1. The predicted octanol–water partition coefficient (Wildman–Crippen LogP) is 4.44. The normalized spacial score (nSPS) is 15.9. The number of anilines is 2. The maximum Gasteiger partial charge on any atom is 0.254 e. The van der Waals surface area contributed by atoms with Crippen LogP contribution in [0.3, 0.4) is 0 Å². The van der Waals surface area contributed by atoms with Crippen LogP contribution < -0.4 is 22.3 Å². The lowest BCUT2D eigenvalue weighted by atomic mass is 9.95. The third-order valence-corrected chi connectivity index (χ3v) is 7.51. The van der Waals surface area contributed by atoms with E-state index in [1.807, 2.05) is 24.3 Å². The Morgan fingerprint density at radius 3 is 2.40 bits per heavy atom. The number of amides is 1. The second-order valence-corrected chi connectivity index (χ2v) is 10.3. The van der Waals surface area contributed by atoms with Gasteiger partial charge in [-0.3, -0.25) is 20.1 Å². The summed E-state index contributed by atoms with van der Waals surface area (Å²) in [5.41, 5.74) is 18.7. The second-order valence-electron chi connectivity index (χ2n) is 10.3. The average Bonchev–Trinajstić information content (AvgIpc) is 3.02. The summed E-state index contributed by atoms with van der Waals surface area (Å²) in [6, 6.07) is 23.2. The van der Waals surface area contributed by atoms with E-state index < -0.39 is 0 Å².